The molecule has 0 saturated carbocycles. The van der Waals surface area contributed by atoms with Crippen molar-refractivity contribution in [2.24, 2.45) is 5.73 Å². The Balaban J connectivity index is 0.000000385. The maximum Gasteiger partial charge on any atom is 0.488 e. The van der Waals surface area contributed by atoms with Gasteiger partial charge in [-0.25, -0.2) is 0 Å². The first-order valence-corrected chi connectivity index (χ1v) is 4.51. The number of primary amides is 1. The van der Waals surface area contributed by atoms with Gasteiger partial charge in [0.2, 0.25) is 5.91 Å². The van der Waals surface area contributed by atoms with Gasteiger partial charge in [-0.1, -0.05) is 43.5 Å². The van der Waals surface area contributed by atoms with E-state index in [2.05, 4.69) is 18.9 Å². The van der Waals surface area contributed by atoms with E-state index in [1.807, 2.05) is 0 Å². The molecule has 1 amide bonds. The standard InChI is InChI=1S/C8H9BO2.C3H5NO/c1-2-7-3-5-8(6-4-7)9(10)11;1-2-3(4)5/h2-6,10-11H,1H2;2H,1H2,(H2,4,5). The fourth-order valence-electron chi connectivity index (χ4n) is 0.804. The van der Waals surface area contributed by atoms with Crippen molar-refractivity contribution in [3.05, 3.63) is 49.1 Å². The molecule has 4 nitrogen and oxygen atoms in total. The van der Waals surface area contributed by atoms with E-state index in [9.17, 15) is 4.79 Å². The van der Waals surface area contributed by atoms with Crippen LogP contribution in [0.2, 0.25) is 0 Å². The maximum absolute atomic E-state index is 9.47. The highest BCUT2D eigenvalue weighted by Gasteiger charge is 2.08. The molecule has 0 aliphatic carbocycles. The molecule has 1 aromatic carbocycles. The fourth-order valence-corrected chi connectivity index (χ4v) is 0.804. The molecule has 0 saturated heterocycles. The smallest absolute Gasteiger partial charge is 0.423 e. The van der Waals surface area contributed by atoms with Gasteiger partial charge in [-0.2, -0.15) is 0 Å². The topological polar surface area (TPSA) is 83.6 Å². The van der Waals surface area contributed by atoms with Crippen molar-refractivity contribution in [2.75, 3.05) is 0 Å². The highest BCUT2D eigenvalue weighted by molar-refractivity contribution is 6.58. The summed E-state index contributed by atoms with van der Waals surface area (Å²) in [7, 11) is -1.38. The van der Waals surface area contributed by atoms with Gasteiger partial charge in [-0.3, -0.25) is 4.79 Å². The summed E-state index contributed by atoms with van der Waals surface area (Å²) in [6.07, 6.45) is 2.76. The van der Waals surface area contributed by atoms with E-state index in [0.717, 1.165) is 11.6 Å². The number of carbonyl (C=O) groups is 1. The summed E-state index contributed by atoms with van der Waals surface area (Å²) >= 11 is 0. The molecule has 16 heavy (non-hydrogen) atoms. The number of carbonyl (C=O) groups excluding carboxylic acids is 1. The summed E-state index contributed by atoms with van der Waals surface area (Å²) in [5, 5.41) is 17.4. The monoisotopic (exact) mass is 219 g/mol. The molecule has 4 N–H and O–H groups in total. The molecule has 84 valence electrons. The van der Waals surface area contributed by atoms with Gasteiger partial charge in [0.15, 0.2) is 0 Å². The highest BCUT2D eigenvalue weighted by Crippen LogP contribution is 1.97. The second kappa shape index (κ2) is 7.45. The Morgan fingerprint density at radius 2 is 1.69 bits per heavy atom. The molecule has 0 bridgehead atoms. The van der Waals surface area contributed by atoms with Gasteiger partial charge in [0.05, 0.1) is 0 Å². The SMILES string of the molecule is C=CC(N)=O.C=Cc1ccc(B(O)O)cc1. The normalized spacial score (nSPS) is 8.38. The highest BCUT2D eigenvalue weighted by atomic mass is 16.4. The molecule has 0 aliphatic rings. The summed E-state index contributed by atoms with van der Waals surface area (Å²) < 4.78 is 0. The van der Waals surface area contributed by atoms with Crippen molar-refractivity contribution in [1.82, 2.24) is 0 Å². The minimum absolute atomic E-state index is 0.481. The summed E-state index contributed by atoms with van der Waals surface area (Å²) in [5.74, 6) is -0.481. The van der Waals surface area contributed by atoms with Crippen LogP contribution in [0.1, 0.15) is 5.56 Å². The quantitative estimate of drug-likeness (QED) is 0.480. The molecule has 0 radical (unpaired) electrons. The van der Waals surface area contributed by atoms with Crippen LogP contribution in [-0.4, -0.2) is 23.1 Å². The van der Waals surface area contributed by atoms with Crippen LogP contribution in [0.15, 0.2) is 43.5 Å². The molecule has 0 aromatic heterocycles. The van der Waals surface area contributed by atoms with Gasteiger partial charge in [-0.15, -0.1) is 0 Å². The van der Waals surface area contributed by atoms with Crippen molar-refractivity contribution >= 4 is 24.6 Å². The fraction of sp³-hybridized carbons (Fsp3) is 0. The van der Waals surface area contributed by atoms with Gasteiger partial charge in [0.1, 0.15) is 0 Å². The van der Waals surface area contributed by atoms with E-state index in [0.29, 0.717) is 5.46 Å². The Morgan fingerprint density at radius 3 is 1.94 bits per heavy atom. The summed E-state index contributed by atoms with van der Waals surface area (Å²) in [5.41, 5.74) is 6.00. The average molecular weight is 219 g/mol. The van der Waals surface area contributed by atoms with Crippen LogP contribution >= 0.6 is 0 Å². The number of nitrogens with two attached hydrogens (primary N) is 1. The third kappa shape index (κ3) is 5.80. The van der Waals surface area contributed by atoms with Crippen molar-refractivity contribution in [3.63, 3.8) is 0 Å². The van der Waals surface area contributed by atoms with Crippen LogP contribution in [0.25, 0.3) is 6.08 Å². The Morgan fingerprint density at radius 1 is 1.25 bits per heavy atom. The number of rotatable bonds is 3. The molecule has 0 aliphatic heterocycles. The van der Waals surface area contributed by atoms with E-state index in [4.69, 9.17) is 10.0 Å². The number of hydrogen-bond donors (Lipinski definition) is 3. The second-order valence-electron chi connectivity index (χ2n) is 2.85. The molecule has 0 unspecified atom stereocenters. The summed E-state index contributed by atoms with van der Waals surface area (Å²) in [4.78, 5) is 9.47. The van der Waals surface area contributed by atoms with Gasteiger partial charge >= 0.3 is 7.12 Å². The number of hydrogen-bond acceptors (Lipinski definition) is 3. The zero-order valence-corrected chi connectivity index (χ0v) is 8.84. The Kier molecular flexibility index (Phi) is 6.59. The van der Waals surface area contributed by atoms with Crippen molar-refractivity contribution in [2.45, 2.75) is 0 Å². The number of amides is 1. The van der Waals surface area contributed by atoms with E-state index in [-0.39, 0.29) is 0 Å². The van der Waals surface area contributed by atoms with Crippen LogP contribution in [0.3, 0.4) is 0 Å². The van der Waals surface area contributed by atoms with Gasteiger partial charge in [-0.05, 0) is 17.1 Å². The molecule has 0 atom stereocenters. The Bertz CT molecular complexity index is 360. The van der Waals surface area contributed by atoms with Crippen LogP contribution < -0.4 is 11.2 Å². The molecule has 5 heteroatoms. The first kappa shape index (κ1) is 14.2. The molecular weight excluding hydrogens is 205 g/mol. The van der Waals surface area contributed by atoms with Gasteiger partial charge in [0, 0.05) is 0 Å². The van der Waals surface area contributed by atoms with E-state index >= 15 is 0 Å². The molecule has 0 spiro atoms. The molecule has 0 heterocycles. The van der Waals surface area contributed by atoms with Crippen molar-refractivity contribution in [3.8, 4) is 0 Å². The summed E-state index contributed by atoms with van der Waals surface area (Å²) in [6, 6.07) is 6.87. The Hall–Kier alpha value is -1.85. The zero-order valence-electron chi connectivity index (χ0n) is 8.84. The van der Waals surface area contributed by atoms with Gasteiger partial charge in [0.25, 0.3) is 0 Å². The van der Waals surface area contributed by atoms with Crippen LogP contribution in [0, 0.1) is 0 Å². The number of benzene rings is 1. The van der Waals surface area contributed by atoms with E-state index in [1.165, 1.54) is 0 Å². The third-order valence-electron chi connectivity index (χ3n) is 1.67. The van der Waals surface area contributed by atoms with Crippen LogP contribution in [0.4, 0.5) is 0 Å². The van der Waals surface area contributed by atoms with Gasteiger partial charge < -0.3 is 15.8 Å². The van der Waals surface area contributed by atoms with E-state index in [1.54, 1.807) is 30.3 Å². The lowest BCUT2D eigenvalue weighted by Crippen LogP contribution is -2.29. The second-order valence-corrected chi connectivity index (χ2v) is 2.85. The Labute approximate surface area is 94.9 Å². The predicted molar refractivity (Wildman–Crippen MR) is 65.8 cm³/mol. The largest absolute Gasteiger partial charge is 0.488 e. The average Bonchev–Trinajstić information content (AvgIpc) is 2.29. The minimum Gasteiger partial charge on any atom is -0.423 e. The maximum atomic E-state index is 9.47. The van der Waals surface area contributed by atoms with Crippen LogP contribution in [-0.2, 0) is 4.79 Å². The lowest BCUT2D eigenvalue weighted by molar-refractivity contribution is -0.113. The predicted octanol–water partition coefficient (Wildman–Crippen LogP) is -0.333. The third-order valence-corrected chi connectivity index (χ3v) is 1.67. The molecule has 0 fully saturated rings. The first-order chi connectivity index (χ1) is 7.51. The molecule has 1 rings (SSSR count). The lowest BCUT2D eigenvalue weighted by Gasteiger charge is -1.98. The van der Waals surface area contributed by atoms with Crippen molar-refractivity contribution < 1.29 is 14.8 Å². The molecule has 1 aromatic rings. The summed E-state index contributed by atoms with van der Waals surface area (Å²) in [6.45, 7) is 6.67. The van der Waals surface area contributed by atoms with Crippen molar-refractivity contribution in [1.29, 1.82) is 0 Å². The van der Waals surface area contributed by atoms with E-state index < -0.39 is 13.0 Å². The van der Waals surface area contributed by atoms with Crippen LogP contribution in [0.5, 0.6) is 0 Å². The molecular formula is C11H14BNO3. The first-order valence-electron chi connectivity index (χ1n) is 4.51. The zero-order chi connectivity index (χ0) is 12.6. The lowest BCUT2D eigenvalue weighted by atomic mass is 9.80. The minimum atomic E-state index is -1.38.